The summed E-state index contributed by atoms with van der Waals surface area (Å²) in [5, 5.41) is 0. The molecule has 0 fully saturated rings. The van der Waals surface area contributed by atoms with Gasteiger partial charge in [0, 0.05) is 12.4 Å². The third-order valence-corrected chi connectivity index (χ3v) is 1.35. The van der Waals surface area contributed by atoms with Crippen LogP contribution in [0.15, 0.2) is 17.3 Å². The van der Waals surface area contributed by atoms with E-state index in [1.54, 1.807) is 12.4 Å². The number of hydrogen-bond donors (Lipinski definition) is 0. The van der Waals surface area contributed by atoms with Gasteiger partial charge in [0.15, 0.2) is 0 Å². The number of carbonyl (C=O) groups excluding carboxylic acids is 1. The van der Waals surface area contributed by atoms with Gasteiger partial charge in [-0.05, 0) is 6.42 Å². The largest absolute Gasteiger partial charge is 0.469 e. The molecule has 0 radical (unpaired) electrons. The highest BCUT2D eigenvalue weighted by Gasteiger charge is 2.15. The average Bonchev–Trinajstić information content (AvgIpc) is 2.05. The molecule has 0 aromatic heterocycles. The predicted molar refractivity (Wildman–Crippen MR) is 37.8 cm³/mol. The predicted octanol–water partition coefficient (Wildman–Crippen LogP) is 0.764. The van der Waals surface area contributed by atoms with Gasteiger partial charge in [-0.3, -0.25) is 9.79 Å². The molecule has 0 saturated heterocycles. The average molecular weight is 139 g/mol. The highest BCUT2D eigenvalue weighted by Crippen LogP contribution is 2.07. The van der Waals surface area contributed by atoms with E-state index < -0.39 is 0 Å². The molecule has 0 bridgehead atoms. The van der Waals surface area contributed by atoms with Gasteiger partial charge in [-0.25, -0.2) is 0 Å². The Kier molecular flexibility index (Phi) is 2.20. The Labute approximate surface area is 59.4 Å². The second kappa shape index (κ2) is 3.15. The summed E-state index contributed by atoms with van der Waals surface area (Å²) in [6.07, 6.45) is 5.84. The zero-order chi connectivity index (χ0) is 7.40. The van der Waals surface area contributed by atoms with E-state index in [2.05, 4.69) is 9.73 Å². The molecule has 0 aromatic rings. The van der Waals surface area contributed by atoms with Gasteiger partial charge in [0.2, 0.25) is 0 Å². The molecule has 10 heavy (non-hydrogen) atoms. The van der Waals surface area contributed by atoms with Crippen LogP contribution in [0.25, 0.3) is 0 Å². The summed E-state index contributed by atoms with van der Waals surface area (Å²) in [6, 6.07) is 0. The molecular formula is C7H9NO2. The standard InChI is InChI=1S/C7H9NO2/c1-10-7(9)6-3-2-4-8-5-6/h2,4-6H,3H2,1H3. The lowest BCUT2D eigenvalue weighted by Gasteiger charge is -2.07. The first-order valence-electron chi connectivity index (χ1n) is 3.10. The van der Waals surface area contributed by atoms with Crippen molar-refractivity contribution in [1.29, 1.82) is 0 Å². The van der Waals surface area contributed by atoms with Crippen molar-refractivity contribution >= 4 is 12.2 Å². The highest BCUT2D eigenvalue weighted by molar-refractivity contribution is 5.90. The van der Waals surface area contributed by atoms with E-state index in [0.29, 0.717) is 6.42 Å². The van der Waals surface area contributed by atoms with Gasteiger partial charge in [0.05, 0.1) is 13.0 Å². The molecule has 0 amide bonds. The minimum Gasteiger partial charge on any atom is -0.469 e. The van der Waals surface area contributed by atoms with Crippen LogP contribution in [0.3, 0.4) is 0 Å². The van der Waals surface area contributed by atoms with Crippen LogP contribution in [0.4, 0.5) is 0 Å². The van der Waals surface area contributed by atoms with Crippen molar-refractivity contribution < 1.29 is 9.53 Å². The smallest absolute Gasteiger partial charge is 0.314 e. The number of nitrogens with zero attached hydrogens (tertiary/aromatic N) is 1. The van der Waals surface area contributed by atoms with E-state index in [4.69, 9.17) is 0 Å². The van der Waals surface area contributed by atoms with Gasteiger partial charge >= 0.3 is 5.97 Å². The SMILES string of the molecule is COC(=O)C1C=NC=CC1. The van der Waals surface area contributed by atoms with E-state index in [1.165, 1.54) is 7.11 Å². The molecule has 3 heteroatoms. The molecule has 0 saturated carbocycles. The number of rotatable bonds is 1. The maximum absolute atomic E-state index is 10.8. The second-order valence-electron chi connectivity index (χ2n) is 2.05. The third kappa shape index (κ3) is 1.43. The minimum absolute atomic E-state index is 0.171. The van der Waals surface area contributed by atoms with Crippen molar-refractivity contribution in [3.63, 3.8) is 0 Å². The van der Waals surface area contributed by atoms with Crippen LogP contribution in [0.1, 0.15) is 6.42 Å². The lowest BCUT2D eigenvalue weighted by Crippen LogP contribution is -2.17. The Hall–Kier alpha value is -1.12. The summed E-state index contributed by atoms with van der Waals surface area (Å²) < 4.78 is 4.53. The molecule has 1 heterocycles. The van der Waals surface area contributed by atoms with Crippen molar-refractivity contribution in [2.24, 2.45) is 10.9 Å². The minimum atomic E-state index is -0.215. The van der Waals surface area contributed by atoms with E-state index in [-0.39, 0.29) is 11.9 Å². The molecule has 0 aliphatic carbocycles. The van der Waals surface area contributed by atoms with Gasteiger partial charge in [0.1, 0.15) is 0 Å². The fourth-order valence-electron chi connectivity index (χ4n) is 0.791. The molecule has 3 nitrogen and oxygen atoms in total. The Balaban J connectivity index is 2.51. The topological polar surface area (TPSA) is 38.7 Å². The van der Waals surface area contributed by atoms with Crippen molar-refractivity contribution in [3.8, 4) is 0 Å². The molecule has 1 aliphatic rings. The highest BCUT2D eigenvalue weighted by atomic mass is 16.5. The van der Waals surface area contributed by atoms with Crippen LogP contribution in [0.2, 0.25) is 0 Å². The Morgan fingerprint density at radius 3 is 3.10 bits per heavy atom. The number of hydrogen-bond acceptors (Lipinski definition) is 3. The van der Waals surface area contributed by atoms with Gasteiger partial charge in [-0.15, -0.1) is 0 Å². The monoisotopic (exact) mass is 139 g/mol. The zero-order valence-corrected chi connectivity index (χ0v) is 5.78. The van der Waals surface area contributed by atoms with E-state index in [0.717, 1.165) is 0 Å². The van der Waals surface area contributed by atoms with Crippen molar-refractivity contribution in [3.05, 3.63) is 12.3 Å². The van der Waals surface area contributed by atoms with Crippen molar-refractivity contribution in [1.82, 2.24) is 0 Å². The van der Waals surface area contributed by atoms with Crippen LogP contribution >= 0.6 is 0 Å². The Morgan fingerprint density at radius 2 is 2.60 bits per heavy atom. The van der Waals surface area contributed by atoms with E-state index in [9.17, 15) is 4.79 Å². The molecule has 1 aliphatic heterocycles. The lowest BCUT2D eigenvalue weighted by molar-refractivity contribution is -0.142. The van der Waals surface area contributed by atoms with Gasteiger partial charge in [-0.2, -0.15) is 0 Å². The quantitative estimate of drug-likeness (QED) is 0.503. The summed E-state index contributed by atoms with van der Waals surface area (Å²) in [6.45, 7) is 0. The molecular weight excluding hydrogens is 130 g/mol. The van der Waals surface area contributed by atoms with Gasteiger partial charge < -0.3 is 4.74 Å². The van der Waals surface area contributed by atoms with E-state index in [1.807, 2.05) is 6.08 Å². The van der Waals surface area contributed by atoms with Crippen LogP contribution in [0.5, 0.6) is 0 Å². The van der Waals surface area contributed by atoms with Crippen LogP contribution in [-0.4, -0.2) is 19.3 Å². The third-order valence-electron chi connectivity index (χ3n) is 1.35. The second-order valence-corrected chi connectivity index (χ2v) is 2.05. The lowest BCUT2D eigenvalue weighted by atomic mass is 10.1. The molecule has 0 aromatic carbocycles. The van der Waals surface area contributed by atoms with Crippen LogP contribution in [-0.2, 0) is 9.53 Å². The summed E-state index contributed by atoms with van der Waals surface area (Å²) in [5.74, 6) is -0.386. The molecule has 1 atom stereocenters. The van der Waals surface area contributed by atoms with Gasteiger partial charge in [-0.1, -0.05) is 6.08 Å². The maximum atomic E-state index is 10.8. The molecule has 0 spiro atoms. The Bertz CT molecular complexity index is 184. The van der Waals surface area contributed by atoms with Gasteiger partial charge in [0.25, 0.3) is 0 Å². The fraction of sp³-hybridized carbons (Fsp3) is 0.429. The number of esters is 1. The van der Waals surface area contributed by atoms with Crippen LogP contribution in [0, 0.1) is 5.92 Å². The molecule has 1 rings (SSSR count). The maximum Gasteiger partial charge on any atom is 0.314 e. The van der Waals surface area contributed by atoms with Crippen molar-refractivity contribution in [2.75, 3.05) is 7.11 Å². The Morgan fingerprint density at radius 1 is 1.80 bits per heavy atom. The number of carbonyl (C=O) groups is 1. The number of ether oxygens (including phenoxy) is 1. The normalized spacial score (nSPS) is 22.7. The first kappa shape index (κ1) is 6.99. The van der Waals surface area contributed by atoms with E-state index >= 15 is 0 Å². The fourth-order valence-corrected chi connectivity index (χ4v) is 0.791. The number of methoxy groups -OCH3 is 1. The van der Waals surface area contributed by atoms with Crippen LogP contribution < -0.4 is 0 Å². The first-order chi connectivity index (χ1) is 4.84. The molecule has 1 unspecified atom stereocenters. The zero-order valence-electron chi connectivity index (χ0n) is 5.78. The summed E-state index contributed by atoms with van der Waals surface area (Å²) in [5.41, 5.74) is 0. The molecule has 0 N–H and O–H groups in total. The molecule has 54 valence electrons. The number of allylic oxidation sites excluding steroid dienone is 1. The summed E-state index contributed by atoms with van der Waals surface area (Å²) in [4.78, 5) is 14.6. The summed E-state index contributed by atoms with van der Waals surface area (Å²) in [7, 11) is 1.38. The summed E-state index contributed by atoms with van der Waals surface area (Å²) >= 11 is 0. The first-order valence-corrected chi connectivity index (χ1v) is 3.10. The number of aliphatic imine (C=N–C) groups is 1. The van der Waals surface area contributed by atoms with Crippen molar-refractivity contribution in [2.45, 2.75) is 6.42 Å².